The number of benzene rings is 1. The molecule has 12 heteroatoms. The third-order valence-corrected chi connectivity index (χ3v) is 7.15. The highest BCUT2D eigenvalue weighted by atomic mass is 32.2. The van der Waals surface area contributed by atoms with E-state index in [2.05, 4.69) is 29.9 Å². The third-order valence-electron chi connectivity index (χ3n) is 6.48. The molecule has 0 unspecified atom stereocenters. The first-order chi connectivity index (χ1) is 18.2. The predicted molar refractivity (Wildman–Crippen MR) is 143 cm³/mol. The lowest BCUT2D eigenvalue weighted by Crippen LogP contribution is -2.21. The molecule has 38 heavy (non-hydrogen) atoms. The minimum Gasteiger partial charge on any atom is -0.338 e. The fourth-order valence-corrected chi connectivity index (χ4v) is 4.93. The SMILES string of the molecule is Cc1ncc(-c2ccc3[nH]nc(-c4cc5c(-c6cc(F)cc(CNS(C)(=O)=O)c6)ccnc5[nH]4)c3n2)n1C. The number of halogens is 1. The van der Waals surface area contributed by atoms with Crippen molar-refractivity contribution in [3.8, 4) is 33.9 Å². The normalized spacial score (nSPS) is 12.1. The Labute approximate surface area is 217 Å². The third kappa shape index (κ3) is 4.33. The van der Waals surface area contributed by atoms with E-state index >= 15 is 0 Å². The van der Waals surface area contributed by atoms with Crippen LogP contribution in [0.2, 0.25) is 0 Å². The smallest absolute Gasteiger partial charge is 0.209 e. The molecule has 0 atom stereocenters. The van der Waals surface area contributed by atoms with Crippen LogP contribution in [-0.2, 0) is 23.6 Å². The first-order valence-corrected chi connectivity index (χ1v) is 13.6. The zero-order valence-corrected chi connectivity index (χ0v) is 21.6. The van der Waals surface area contributed by atoms with E-state index in [4.69, 9.17) is 4.98 Å². The van der Waals surface area contributed by atoms with Gasteiger partial charge in [-0.3, -0.25) is 5.10 Å². The van der Waals surface area contributed by atoms with Crippen molar-refractivity contribution in [2.45, 2.75) is 13.5 Å². The molecule has 0 radical (unpaired) electrons. The summed E-state index contributed by atoms with van der Waals surface area (Å²) < 4.78 is 41.9. The molecule has 0 aliphatic rings. The van der Waals surface area contributed by atoms with Crippen molar-refractivity contribution in [3.05, 3.63) is 72.1 Å². The van der Waals surface area contributed by atoms with Gasteiger partial charge in [-0.1, -0.05) is 0 Å². The molecule has 10 nitrogen and oxygen atoms in total. The fraction of sp³-hybridized carbons (Fsp3) is 0.154. The van der Waals surface area contributed by atoms with E-state index < -0.39 is 15.8 Å². The average Bonchev–Trinajstić information content (AvgIpc) is 3.58. The van der Waals surface area contributed by atoms with Crippen molar-refractivity contribution in [1.29, 1.82) is 0 Å². The number of hydrogen-bond donors (Lipinski definition) is 3. The molecule has 0 amide bonds. The van der Waals surface area contributed by atoms with Gasteiger partial charge in [-0.15, -0.1) is 0 Å². The maximum Gasteiger partial charge on any atom is 0.209 e. The summed E-state index contributed by atoms with van der Waals surface area (Å²) in [4.78, 5) is 17.0. The summed E-state index contributed by atoms with van der Waals surface area (Å²) in [6.07, 6.45) is 4.50. The molecule has 0 saturated heterocycles. The number of fused-ring (bicyclic) bond motifs is 2. The zero-order chi connectivity index (χ0) is 26.6. The molecule has 1 aromatic carbocycles. The van der Waals surface area contributed by atoms with Crippen LogP contribution < -0.4 is 4.72 Å². The summed E-state index contributed by atoms with van der Waals surface area (Å²) in [5, 5.41) is 8.31. The van der Waals surface area contributed by atoms with Gasteiger partial charge in [0.15, 0.2) is 0 Å². The van der Waals surface area contributed by atoms with Crippen LogP contribution in [0.15, 0.2) is 54.9 Å². The van der Waals surface area contributed by atoms with Crippen LogP contribution in [0.5, 0.6) is 0 Å². The summed E-state index contributed by atoms with van der Waals surface area (Å²) in [5.41, 5.74) is 6.92. The van der Waals surface area contributed by atoms with E-state index in [0.717, 1.165) is 39.9 Å². The van der Waals surface area contributed by atoms with Gasteiger partial charge >= 0.3 is 0 Å². The van der Waals surface area contributed by atoms with Crippen LogP contribution in [0.25, 0.3) is 56.0 Å². The van der Waals surface area contributed by atoms with Crippen LogP contribution in [0.1, 0.15) is 11.4 Å². The minimum atomic E-state index is -3.42. The van der Waals surface area contributed by atoms with Crippen LogP contribution in [0.4, 0.5) is 4.39 Å². The molecule has 6 aromatic rings. The average molecular weight is 531 g/mol. The number of sulfonamides is 1. The number of aromatic nitrogens is 7. The Balaban J connectivity index is 1.44. The molecule has 192 valence electrons. The molecule has 0 saturated carbocycles. The van der Waals surface area contributed by atoms with Gasteiger partial charge in [0.2, 0.25) is 10.0 Å². The number of H-pyrrole nitrogens is 2. The lowest BCUT2D eigenvalue weighted by atomic mass is 10.0. The number of nitrogens with zero attached hydrogens (tertiary/aromatic N) is 5. The minimum absolute atomic E-state index is 0.0142. The van der Waals surface area contributed by atoms with Gasteiger partial charge in [-0.05, 0) is 66.1 Å². The lowest BCUT2D eigenvalue weighted by Gasteiger charge is -2.08. The molecular formula is C26H23FN8O2S. The first-order valence-electron chi connectivity index (χ1n) is 11.7. The highest BCUT2D eigenvalue weighted by molar-refractivity contribution is 7.88. The summed E-state index contributed by atoms with van der Waals surface area (Å²) in [6, 6.07) is 12.1. The van der Waals surface area contributed by atoms with Gasteiger partial charge in [-0.2, -0.15) is 5.10 Å². The van der Waals surface area contributed by atoms with Gasteiger partial charge < -0.3 is 9.55 Å². The van der Waals surface area contributed by atoms with Crippen molar-refractivity contribution in [2.24, 2.45) is 7.05 Å². The molecule has 5 aromatic heterocycles. The van der Waals surface area contributed by atoms with E-state index in [1.165, 1.54) is 12.1 Å². The van der Waals surface area contributed by atoms with Gasteiger partial charge in [0.1, 0.15) is 28.5 Å². The van der Waals surface area contributed by atoms with Crippen LogP contribution in [0.3, 0.4) is 0 Å². The molecule has 0 aliphatic heterocycles. The van der Waals surface area contributed by atoms with Crippen LogP contribution >= 0.6 is 0 Å². The number of aromatic amines is 2. The number of aryl methyl sites for hydroxylation is 1. The molecule has 0 spiro atoms. The Morgan fingerprint density at radius 3 is 2.71 bits per heavy atom. The van der Waals surface area contributed by atoms with Gasteiger partial charge in [0.25, 0.3) is 0 Å². The topological polar surface area (TPSA) is 134 Å². The fourth-order valence-electron chi connectivity index (χ4n) is 4.50. The van der Waals surface area contributed by atoms with Gasteiger partial charge in [0, 0.05) is 25.2 Å². The Hall–Kier alpha value is -4.42. The van der Waals surface area contributed by atoms with Crippen molar-refractivity contribution in [3.63, 3.8) is 0 Å². The Bertz CT molecular complexity index is 1960. The van der Waals surface area contributed by atoms with E-state index in [9.17, 15) is 12.8 Å². The highest BCUT2D eigenvalue weighted by Crippen LogP contribution is 2.34. The Morgan fingerprint density at radius 1 is 1.11 bits per heavy atom. The van der Waals surface area contributed by atoms with Crippen molar-refractivity contribution in [1.82, 2.24) is 39.4 Å². The van der Waals surface area contributed by atoms with E-state index in [0.29, 0.717) is 33.7 Å². The predicted octanol–water partition coefficient (Wildman–Crippen LogP) is 4.07. The molecule has 0 fully saturated rings. The van der Waals surface area contributed by atoms with Crippen molar-refractivity contribution < 1.29 is 12.8 Å². The zero-order valence-electron chi connectivity index (χ0n) is 20.7. The van der Waals surface area contributed by atoms with E-state index in [1.807, 2.05) is 36.7 Å². The Kier molecular flexibility index (Phi) is 5.58. The van der Waals surface area contributed by atoms with Crippen molar-refractivity contribution >= 4 is 32.1 Å². The number of pyridine rings is 2. The summed E-state index contributed by atoms with van der Waals surface area (Å²) in [6.45, 7) is 1.92. The molecule has 0 bridgehead atoms. The molecule has 6 rings (SSSR count). The number of rotatable bonds is 6. The second kappa shape index (κ2) is 8.85. The number of nitrogens with one attached hydrogen (secondary N) is 3. The highest BCUT2D eigenvalue weighted by Gasteiger charge is 2.17. The largest absolute Gasteiger partial charge is 0.338 e. The molecule has 5 heterocycles. The molecular weight excluding hydrogens is 507 g/mol. The maximum absolute atomic E-state index is 14.5. The van der Waals surface area contributed by atoms with E-state index in [1.54, 1.807) is 24.5 Å². The summed E-state index contributed by atoms with van der Waals surface area (Å²) in [7, 11) is -1.47. The number of hydrogen-bond acceptors (Lipinski definition) is 6. The Morgan fingerprint density at radius 2 is 1.95 bits per heavy atom. The molecule has 0 aliphatic carbocycles. The second-order valence-electron chi connectivity index (χ2n) is 9.16. The number of imidazole rings is 1. The summed E-state index contributed by atoms with van der Waals surface area (Å²) >= 11 is 0. The molecule has 3 N–H and O–H groups in total. The van der Waals surface area contributed by atoms with Crippen LogP contribution in [0, 0.1) is 12.7 Å². The van der Waals surface area contributed by atoms with E-state index in [-0.39, 0.29) is 6.54 Å². The van der Waals surface area contributed by atoms with Gasteiger partial charge in [-0.25, -0.2) is 32.5 Å². The summed E-state index contributed by atoms with van der Waals surface area (Å²) in [5.74, 6) is 0.421. The van der Waals surface area contributed by atoms with Crippen molar-refractivity contribution in [2.75, 3.05) is 6.26 Å². The standard InChI is InChI=1S/C26H23FN8O2S/c1-14-29-13-23(35(14)2)20-4-5-21-24(31-20)25(34-33-21)22-11-19-18(6-7-28-26(19)32-22)16-8-15(9-17(27)10-16)12-30-38(3,36)37/h4-11,13,30H,12H2,1-3H3,(H,28,32)(H,33,34). The quantitative estimate of drug-likeness (QED) is 0.297. The van der Waals surface area contributed by atoms with Crippen LogP contribution in [-0.4, -0.2) is 49.4 Å². The second-order valence-corrected chi connectivity index (χ2v) is 11.0. The maximum atomic E-state index is 14.5. The van der Waals surface area contributed by atoms with Gasteiger partial charge in [0.05, 0.1) is 35.1 Å². The monoisotopic (exact) mass is 530 g/mol. The lowest BCUT2D eigenvalue weighted by molar-refractivity contribution is 0.586. The first kappa shape index (κ1) is 23.9.